The summed E-state index contributed by atoms with van der Waals surface area (Å²) in [4.78, 5) is 26.6. The molecule has 2 N–H and O–H groups in total. The van der Waals surface area contributed by atoms with E-state index in [4.69, 9.17) is 21.1 Å². The maximum atomic E-state index is 12.5. The van der Waals surface area contributed by atoms with Crippen molar-refractivity contribution in [3.63, 3.8) is 0 Å². The summed E-state index contributed by atoms with van der Waals surface area (Å²) in [6, 6.07) is 12.2. The number of fused-ring (bicyclic) bond motifs is 1. The molecule has 0 atom stereocenters. The number of H-pyrrole nitrogens is 1. The summed E-state index contributed by atoms with van der Waals surface area (Å²) in [5, 5.41) is 10.0. The molecular weight excluding hydrogens is 358 g/mol. The Hall–Kier alpha value is -2.67. The largest absolute Gasteiger partial charge is 0.477 e. The number of benzene rings is 2. The summed E-state index contributed by atoms with van der Waals surface area (Å²) in [5.74, 6) is -2.44. The molecule has 1 fully saturated rings. The molecule has 0 spiro atoms. The standard InChI is InChI=1S/C19H14ClNO5/c20-13-4-1-11(2-5-13)19(25-7-8-26-19)12-3-6-16-14(9-12)17(22)15(10-21-16)18(23)24/h1-6,9-10H,7-8H2,(H,21,22)(H,23,24). The van der Waals surface area contributed by atoms with E-state index in [0.29, 0.717) is 29.3 Å². The van der Waals surface area contributed by atoms with E-state index in [1.807, 2.05) is 0 Å². The number of pyridine rings is 1. The first kappa shape index (κ1) is 16.8. The molecule has 0 bridgehead atoms. The van der Waals surface area contributed by atoms with Gasteiger partial charge in [-0.15, -0.1) is 0 Å². The number of hydrogen-bond donors (Lipinski definition) is 2. The van der Waals surface area contributed by atoms with E-state index in [-0.39, 0.29) is 10.9 Å². The van der Waals surface area contributed by atoms with Crippen molar-refractivity contribution in [2.75, 3.05) is 13.2 Å². The molecule has 0 saturated carbocycles. The van der Waals surface area contributed by atoms with Crippen LogP contribution in [0.2, 0.25) is 5.02 Å². The van der Waals surface area contributed by atoms with Crippen LogP contribution in [-0.2, 0) is 15.3 Å². The fraction of sp³-hybridized carbons (Fsp3) is 0.158. The van der Waals surface area contributed by atoms with Gasteiger partial charge in [-0.1, -0.05) is 29.8 Å². The monoisotopic (exact) mass is 371 g/mol. The van der Waals surface area contributed by atoms with Gasteiger partial charge in [-0.2, -0.15) is 0 Å². The third-order valence-corrected chi connectivity index (χ3v) is 4.66. The molecule has 0 aliphatic carbocycles. The third kappa shape index (κ3) is 2.59. The van der Waals surface area contributed by atoms with Crippen LogP contribution in [0.3, 0.4) is 0 Å². The van der Waals surface area contributed by atoms with Crippen molar-refractivity contribution < 1.29 is 19.4 Å². The van der Waals surface area contributed by atoms with Crippen molar-refractivity contribution in [1.29, 1.82) is 0 Å². The molecule has 26 heavy (non-hydrogen) atoms. The second-order valence-corrected chi connectivity index (χ2v) is 6.35. The second-order valence-electron chi connectivity index (χ2n) is 5.92. The lowest BCUT2D eigenvalue weighted by molar-refractivity contribution is -0.129. The fourth-order valence-corrected chi connectivity index (χ4v) is 3.29. The van der Waals surface area contributed by atoms with Gasteiger partial charge in [0.05, 0.1) is 13.2 Å². The van der Waals surface area contributed by atoms with Crippen LogP contribution in [0.15, 0.2) is 53.5 Å². The van der Waals surface area contributed by atoms with Crippen LogP contribution in [0.5, 0.6) is 0 Å². The van der Waals surface area contributed by atoms with Crippen molar-refractivity contribution in [3.8, 4) is 0 Å². The predicted molar refractivity (Wildman–Crippen MR) is 95.7 cm³/mol. The Labute approximate surface area is 152 Å². The number of carboxylic acids is 1. The van der Waals surface area contributed by atoms with E-state index in [9.17, 15) is 14.7 Å². The van der Waals surface area contributed by atoms with Gasteiger partial charge in [-0.05, 0) is 24.3 Å². The zero-order chi connectivity index (χ0) is 18.3. The van der Waals surface area contributed by atoms with Gasteiger partial charge >= 0.3 is 5.97 Å². The number of carbonyl (C=O) groups is 1. The van der Waals surface area contributed by atoms with Gasteiger partial charge in [0.15, 0.2) is 0 Å². The van der Waals surface area contributed by atoms with E-state index < -0.39 is 17.2 Å². The van der Waals surface area contributed by atoms with Crippen molar-refractivity contribution in [2.45, 2.75) is 5.79 Å². The highest BCUT2D eigenvalue weighted by Gasteiger charge is 2.40. The van der Waals surface area contributed by atoms with E-state index in [0.717, 1.165) is 5.56 Å². The van der Waals surface area contributed by atoms with Gasteiger partial charge in [0.2, 0.25) is 11.2 Å². The van der Waals surface area contributed by atoms with Crippen molar-refractivity contribution in [1.82, 2.24) is 4.98 Å². The summed E-state index contributed by atoms with van der Waals surface area (Å²) in [7, 11) is 0. The summed E-state index contributed by atoms with van der Waals surface area (Å²) >= 11 is 5.97. The molecule has 4 rings (SSSR count). The summed E-state index contributed by atoms with van der Waals surface area (Å²) < 4.78 is 11.9. The molecule has 1 saturated heterocycles. The minimum atomic E-state index is -1.28. The quantitative estimate of drug-likeness (QED) is 0.738. The molecule has 6 nitrogen and oxygen atoms in total. The van der Waals surface area contributed by atoms with Crippen LogP contribution in [0.4, 0.5) is 0 Å². The Kier molecular flexibility index (Phi) is 4.03. The Bertz CT molecular complexity index is 1050. The minimum Gasteiger partial charge on any atom is -0.477 e. The summed E-state index contributed by atoms with van der Waals surface area (Å²) in [5.41, 5.74) is 1.01. The molecule has 1 aromatic heterocycles. The van der Waals surface area contributed by atoms with Gasteiger partial charge in [0.1, 0.15) is 5.56 Å². The van der Waals surface area contributed by atoms with Crippen LogP contribution >= 0.6 is 11.6 Å². The second kappa shape index (κ2) is 6.25. The fourth-order valence-electron chi connectivity index (χ4n) is 3.16. The average molecular weight is 372 g/mol. The number of nitrogens with one attached hydrogen (secondary N) is 1. The van der Waals surface area contributed by atoms with Crippen LogP contribution in [0, 0.1) is 0 Å². The van der Waals surface area contributed by atoms with Gasteiger partial charge < -0.3 is 19.6 Å². The summed E-state index contributed by atoms with van der Waals surface area (Å²) in [6.45, 7) is 0.790. The number of carboxylic acid groups (broad SMARTS) is 1. The third-order valence-electron chi connectivity index (χ3n) is 4.41. The van der Waals surface area contributed by atoms with Gasteiger partial charge in [0.25, 0.3) is 0 Å². The van der Waals surface area contributed by atoms with Crippen LogP contribution in [-0.4, -0.2) is 29.3 Å². The Morgan fingerprint density at radius 1 is 1.08 bits per heavy atom. The Morgan fingerprint density at radius 3 is 2.38 bits per heavy atom. The molecule has 1 aliphatic heterocycles. The first-order valence-electron chi connectivity index (χ1n) is 7.94. The molecule has 0 amide bonds. The van der Waals surface area contributed by atoms with E-state index >= 15 is 0 Å². The molecular formula is C19H14ClNO5. The van der Waals surface area contributed by atoms with Gasteiger partial charge in [0, 0.05) is 33.2 Å². The summed E-state index contributed by atoms with van der Waals surface area (Å²) in [6.07, 6.45) is 1.20. The lowest BCUT2D eigenvalue weighted by Gasteiger charge is -2.28. The van der Waals surface area contributed by atoms with Crippen molar-refractivity contribution in [2.24, 2.45) is 0 Å². The van der Waals surface area contributed by atoms with Gasteiger partial charge in [-0.3, -0.25) is 4.79 Å². The zero-order valence-corrected chi connectivity index (χ0v) is 14.2. The highest BCUT2D eigenvalue weighted by molar-refractivity contribution is 6.30. The smallest absolute Gasteiger partial charge is 0.341 e. The molecule has 7 heteroatoms. The molecule has 0 unspecified atom stereocenters. The zero-order valence-electron chi connectivity index (χ0n) is 13.5. The number of aromatic amines is 1. The molecule has 132 valence electrons. The lowest BCUT2D eigenvalue weighted by atomic mass is 9.95. The van der Waals surface area contributed by atoms with Crippen molar-refractivity contribution in [3.05, 3.63) is 80.6 Å². The number of aromatic carboxylic acids is 1. The normalized spacial score (nSPS) is 16.0. The van der Waals surface area contributed by atoms with E-state index in [1.165, 1.54) is 6.20 Å². The van der Waals surface area contributed by atoms with Crippen molar-refractivity contribution >= 4 is 28.5 Å². The molecule has 2 aromatic carbocycles. The number of halogens is 1. The van der Waals surface area contributed by atoms with E-state index in [2.05, 4.69) is 4.98 Å². The molecule has 0 radical (unpaired) electrons. The SMILES string of the molecule is O=C(O)c1c[nH]c2ccc(C3(c4ccc(Cl)cc4)OCCO3)cc2c1=O. The first-order chi connectivity index (χ1) is 12.5. The maximum absolute atomic E-state index is 12.5. The van der Waals surface area contributed by atoms with E-state index in [1.54, 1.807) is 42.5 Å². The molecule has 3 aromatic rings. The minimum absolute atomic E-state index is 0.259. The van der Waals surface area contributed by atoms with Crippen LogP contribution < -0.4 is 5.43 Å². The predicted octanol–water partition coefficient (Wildman–Crippen LogP) is 3.13. The topological polar surface area (TPSA) is 88.6 Å². The lowest BCUT2D eigenvalue weighted by Crippen LogP contribution is -2.29. The number of ether oxygens (including phenoxy) is 2. The highest BCUT2D eigenvalue weighted by Crippen LogP contribution is 2.39. The first-order valence-corrected chi connectivity index (χ1v) is 8.32. The number of hydrogen-bond acceptors (Lipinski definition) is 4. The molecule has 2 heterocycles. The Balaban J connectivity index is 1.93. The highest BCUT2D eigenvalue weighted by atomic mass is 35.5. The Morgan fingerprint density at radius 2 is 1.73 bits per heavy atom. The average Bonchev–Trinajstić information content (AvgIpc) is 3.13. The van der Waals surface area contributed by atoms with Crippen LogP contribution in [0.1, 0.15) is 21.5 Å². The van der Waals surface area contributed by atoms with Gasteiger partial charge in [-0.25, -0.2) is 4.79 Å². The molecule has 1 aliphatic rings. The maximum Gasteiger partial charge on any atom is 0.341 e. The van der Waals surface area contributed by atoms with Crippen LogP contribution in [0.25, 0.3) is 10.9 Å². The number of rotatable bonds is 3. The number of aromatic nitrogens is 1.